The van der Waals surface area contributed by atoms with Crippen LogP contribution in [0.25, 0.3) is 0 Å². The molecule has 1 fully saturated rings. The van der Waals surface area contributed by atoms with E-state index in [1.807, 2.05) is 30.3 Å². The van der Waals surface area contributed by atoms with Crippen LogP contribution < -0.4 is 5.73 Å². The third-order valence-electron chi connectivity index (χ3n) is 2.96. The molecule has 70 valence electrons. The average Bonchev–Trinajstić information content (AvgIpc) is 2.50. The summed E-state index contributed by atoms with van der Waals surface area (Å²) in [4.78, 5) is 0. The lowest BCUT2D eigenvalue weighted by atomic mass is 9.89. The maximum atomic E-state index is 10.3. The van der Waals surface area contributed by atoms with Gasteiger partial charge < -0.3 is 10.8 Å². The van der Waals surface area contributed by atoms with E-state index in [9.17, 15) is 5.11 Å². The van der Waals surface area contributed by atoms with E-state index >= 15 is 0 Å². The third kappa shape index (κ3) is 1.36. The molecule has 2 nitrogen and oxygen atoms in total. The molecule has 2 heteroatoms. The van der Waals surface area contributed by atoms with Crippen molar-refractivity contribution in [1.29, 1.82) is 0 Å². The predicted molar refractivity (Wildman–Crippen MR) is 52.2 cm³/mol. The van der Waals surface area contributed by atoms with Crippen molar-refractivity contribution in [2.75, 3.05) is 0 Å². The van der Waals surface area contributed by atoms with Gasteiger partial charge in [0.2, 0.25) is 0 Å². The fourth-order valence-corrected chi connectivity index (χ4v) is 2.10. The van der Waals surface area contributed by atoms with Gasteiger partial charge in [0.05, 0.1) is 0 Å². The smallest absolute Gasteiger partial charge is 0.105 e. The lowest BCUT2D eigenvalue weighted by Crippen LogP contribution is -2.40. The number of nitrogens with two attached hydrogens (primary N) is 1. The van der Waals surface area contributed by atoms with Gasteiger partial charge in [-0.2, -0.15) is 0 Å². The van der Waals surface area contributed by atoms with Gasteiger partial charge in [0.1, 0.15) is 5.60 Å². The number of benzene rings is 1. The van der Waals surface area contributed by atoms with Gasteiger partial charge in [0.25, 0.3) is 0 Å². The molecule has 0 spiro atoms. The van der Waals surface area contributed by atoms with E-state index in [1.165, 1.54) is 0 Å². The summed E-state index contributed by atoms with van der Waals surface area (Å²) in [6, 6.07) is 9.63. The van der Waals surface area contributed by atoms with Crippen LogP contribution in [0.3, 0.4) is 0 Å². The molecule has 0 amide bonds. The van der Waals surface area contributed by atoms with Crippen molar-refractivity contribution in [3.8, 4) is 0 Å². The molecule has 3 N–H and O–H groups in total. The van der Waals surface area contributed by atoms with E-state index in [0.717, 1.165) is 24.8 Å². The zero-order valence-corrected chi connectivity index (χ0v) is 7.61. The first-order valence-electron chi connectivity index (χ1n) is 4.77. The highest BCUT2D eigenvalue weighted by molar-refractivity contribution is 5.25. The number of rotatable bonds is 1. The van der Waals surface area contributed by atoms with Gasteiger partial charge in [-0.25, -0.2) is 0 Å². The fraction of sp³-hybridized carbons (Fsp3) is 0.455. The minimum atomic E-state index is -0.777. The van der Waals surface area contributed by atoms with Crippen LogP contribution in [0.2, 0.25) is 0 Å². The van der Waals surface area contributed by atoms with Crippen molar-refractivity contribution < 1.29 is 5.11 Å². The molecule has 2 atom stereocenters. The molecule has 2 rings (SSSR count). The normalized spacial score (nSPS) is 33.5. The summed E-state index contributed by atoms with van der Waals surface area (Å²) in [5, 5.41) is 10.3. The molecular weight excluding hydrogens is 162 g/mol. The first kappa shape index (κ1) is 8.73. The minimum absolute atomic E-state index is 0.102. The molecule has 0 aromatic heterocycles. The molecule has 1 aromatic carbocycles. The lowest BCUT2D eigenvalue weighted by Gasteiger charge is -2.27. The van der Waals surface area contributed by atoms with Crippen LogP contribution in [-0.2, 0) is 5.60 Å². The maximum Gasteiger partial charge on any atom is 0.105 e. The van der Waals surface area contributed by atoms with Crippen LogP contribution in [-0.4, -0.2) is 11.1 Å². The first-order chi connectivity index (χ1) is 6.23. The summed E-state index contributed by atoms with van der Waals surface area (Å²) in [6.45, 7) is 0. The largest absolute Gasteiger partial charge is 0.384 e. The van der Waals surface area contributed by atoms with E-state index in [4.69, 9.17) is 5.73 Å². The Balaban J connectivity index is 2.34. The lowest BCUT2D eigenvalue weighted by molar-refractivity contribution is 0.0282. The van der Waals surface area contributed by atoms with Crippen LogP contribution in [0.5, 0.6) is 0 Å². The van der Waals surface area contributed by atoms with Crippen LogP contribution >= 0.6 is 0 Å². The van der Waals surface area contributed by atoms with Gasteiger partial charge in [0.15, 0.2) is 0 Å². The highest BCUT2D eigenvalue weighted by Crippen LogP contribution is 2.37. The molecule has 0 bridgehead atoms. The Bertz CT molecular complexity index is 285. The molecule has 0 saturated heterocycles. The Hall–Kier alpha value is -0.860. The monoisotopic (exact) mass is 177 g/mol. The molecule has 0 radical (unpaired) electrons. The molecule has 0 aliphatic heterocycles. The van der Waals surface area contributed by atoms with Crippen molar-refractivity contribution >= 4 is 0 Å². The highest BCUT2D eigenvalue weighted by Gasteiger charge is 2.39. The van der Waals surface area contributed by atoms with Gasteiger partial charge in [-0.05, 0) is 24.8 Å². The van der Waals surface area contributed by atoms with Crippen LogP contribution in [0.1, 0.15) is 24.8 Å². The summed E-state index contributed by atoms with van der Waals surface area (Å²) < 4.78 is 0. The molecule has 1 aromatic rings. The predicted octanol–water partition coefficient (Wildman–Crippen LogP) is 1.39. The summed E-state index contributed by atoms with van der Waals surface area (Å²) in [7, 11) is 0. The van der Waals surface area contributed by atoms with Gasteiger partial charge in [-0.3, -0.25) is 0 Å². The standard InChI is InChI=1S/C11H15NO/c12-10-7-4-8-11(10,13)9-5-2-1-3-6-9/h1-3,5-6,10,13H,4,7-8,12H2/t10-,11+/m1/s1. The van der Waals surface area contributed by atoms with Gasteiger partial charge in [0, 0.05) is 6.04 Å². The molecule has 1 aliphatic rings. The molecule has 0 unspecified atom stereocenters. The Labute approximate surface area is 78.4 Å². The second kappa shape index (κ2) is 3.13. The topological polar surface area (TPSA) is 46.2 Å². The average molecular weight is 177 g/mol. The van der Waals surface area contributed by atoms with Gasteiger partial charge in [-0.1, -0.05) is 30.3 Å². The molecule has 13 heavy (non-hydrogen) atoms. The summed E-state index contributed by atoms with van der Waals surface area (Å²) in [5.41, 5.74) is 6.08. The van der Waals surface area contributed by atoms with Crippen molar-refractivity contribution in [3.63, 3.8) is 0 Å². The summed E-state index contributed by atoms with van der Waals surface area (Å²) in [5.74, 6) is 0. The second-order valence-electron chi connectivity index (χ2n) is 3.79. The third-order valence-corrected chi connectivity index (χ3v) is 2.96. The Morgan fingerprint density at radius 1 is 1.31 bits per heavy atom. The van der Waals surface area contributed by atoms with Crippen molar-refractivity contribution in [3.05, 3.63) is 35.9 Å². The Morgan fingerprint density at radius 3 is 2.54 bits per heavy atom. The second-order valence-corrected chi connectivity index (χ2v) is 3.79. The molecule has 1 saturated carbocycles. The molecule has 0 heterocycles. The van der Waals surface area contributed by atoms with Crippen LogP contribution in [0.4, 0.5) is 0 Å². The zero-order valence-electron chi connectivity index (χ0n) is 7.61. The van der Waals surface area contributed by atoms with E-state index in [2.05, 4.69) is 0 Å². The maximum absolute atomic E-state index is 10.3. The molecular formula is C11H15NO. The Morgan fingerprint density at radius 2 is 2.00 bits per heavy atom. The summed E-state index contributed by atoms with van der Waals surface area (Å²) in [6.07, 6.45) is 2.73. The van der Waals surface area contributed by atoms with Crippen LogP contribution in [0, 0.1) is 0 Å². The van der Waals surface area contributed by atoms with E-state index in [1.54, 1.807) is 0 Å². The van der Waals surface area contributed by atoms with Crippen LogP contribution in [0.15, 0.2) is 30.3 Å². The van der Waals surface area contributed by atoms with Crippen molar-refractivity contribution in [1.82, 2.24) is 0 Å². The van der Waals surface area contributed by atoms with Crippen molar-refractivity contribution in [2.45, 2.75) is 30.9 Å². The number of aliphatic hydroxyl groups is 1. The first-order valence-corrected chi connectivity index (χ1v) is 4.77. The number of hydrogen-bond acceptors (Lipinski definition) is 2. The highest BCUT2D eigenvalue weighted by atomic mass is 16.3. The molecule has 1 aliphatic carbocycles. The van der Waals surface area contributed by atoms with Gasteiger partial charge in [-0.15, -0.1) is 0 Å². The SMILES string of the molecule is N[C@@H]1CCC[C@]1(O)c1ccccc1. The zero-order chi connectivity index (χ0) is 9.31. The van der Waals surface area contributed by atoms with E-state index in [0.29, 0.717) is 0 Å². The minimum Gasteiger partial charge on any atom is -0.384 e. The Kier molecular flexibility index (Phi) is 2.10. The van der Waals surface area contributed by atoms with E-state index in [-0.39, 0.29) is 6.04 Å². The fourth-order valence-electron chi connectivity index (χ4n) is 2.10. The quantitative estimate of drug-likeness (QED) is 0.681. The summed E-state index contributed by atoms with van der Waals surface area (Å²) >= 11 is 0. The van der Waals surface area contributed by atoms with Crippen molar-refractivity contribution in [2.24, 2.45) is 5.73 Å². The van der Waals surface area contributed by atoms with E-state index < -0.39 is 5.60 Å². The number of hydrogen-bond donors (Lipinski definition) is 2. The van der Waals surface area contributed by atoms with Gasteiger partial charge >= 0.3 is 0 Å².